The van der Waals surface area contributed by atoms with E-state index in [2.05, 4.69) is 0 Å². The van der Waals surface area contributed by atoms with Crippen molar-refractivity contribution in [2.24, 2.45) is 0 Å². The Balaban J connectivity index is 2.08. The maximum atomic E-state index is 12.2. The van der Waals surface area contributed by atoms with Gasteiger partial charge in [-0.2, -0.15) is 4.39 Å². The molecule has 0 saturated carbocycles. The van der Waals surface area contributed by atoms with Crippen LogP contribution in [0.2, 0.25) is 0 Å². The average Bonchev–Trinajstić information content (AvgIpc) is 2.38. The van der Waals surface area contributed by atoms with Gasteiger partial charge in [0.1, 0.15) is 11.5 Å². The molecular weight excluding hydrogens is 255 g/mol. The molecule has 18 heavy (non-hydrogen) atoms. The van der Waals surface area contributed by atoms with Gasteiger partial charge in [-0.25, -0.2) is 0 Å². The maximum Gasteiger partial charge on any atom is 0.185 e. The molecular formula is C14H18ClFO2. The van der Waals surface area contributed by atoms with E-state index in [1.165, 1.54) is 6.08 Å². The van der Waals surface area contributed by atoms with Crippen molar-refractivity contribution in [2.75, 3.05) is 13.7 Å². The predicted octanol–water partition coefficient (Wildman–Crippen LogP) is 4.68. The summed E-state index contributed by atoms with van der Waals surface area (Å²) in [7, 11) is 1.63. The van der Waals surface area contributed by atoms with E-state index in [0.29, 0.717) is 13.0 Å². The number of allylic oxidation sites excluding steroid dienone is 1. The van der Waals surface area contributed by atoms with Crippen molar-refractivity contribution in [1.29, 1.82) is 0 Å². The van der Waals surface area contributed by atoms with E-state index in [1.807, 2.05) is 24.3 Å². The molecule has 0 amide bonds. The van der Waals surface area contributed by atoms with Crippen molar-refractivity contribution < 1.29 is 13.9 Å². The minimum absolute atomic E-state index is 0.621. The van der Waals surface area contributed by atoms with Crippen LogP contribution in [0.3, 0.4) is 0 Å². The maximum absolute atomic E-state index is 12.2. The molecule has 0 saturated heterocycles. The molecule has 1 aromatic carbocycles. The molecule has 1 aromatic rings. The molecule has 2 nitrogen and oxygen atoms in total. The van der Waals surface area contributed by atoms with Crippen molar-refractivity contribution in [2.45, 2.75) is 25.7 Å². The van der Waals surface area contributed by atoms with Crippen molar-refractivity contribution in [1.82, 2.24) is 0 Å². The van der Waals surface area contributed by atoms with Crippen molar-refractivity contribution in [3.8, 4) is 11.5 Å². The zero-order valence-electron chi connectivity index (χ0n) is 10.5. The van der Waals surface area contributed by atoms with Gasteiger partial charge in [-0.1, -0.05) is 11.6 Å². The average molecular weight is 273 g/mol. The summed E-state index contributed by atoms with van der Waals surface area (Å²) in [4.78, 5) is 0. The molecule has 0 aliphatic carbocycles. The van der Waals surface area contributed by atoms with E-state index < -0.39 is 5.29 Å². The first-order chi connectivity index (χ1) is 8.72. The quantitative estimate of drug-likeness (QED) is 0.640. The van der Waals surface area contributed by atoms with E-state index in [0.717, 1.165) is 30.8 Å². The normalized spacial score (nSPS) is 11.4. The summed E-state index contributed by atoms with van der Waals surface area (Å²) < 4.78 is 22.8. The lowest BCUT2D eigenvalue weighted by Gasteiger charge is -2.06. The third-order valence-corrected chi connectivity index (χ3v) is 2.63. The van der Waals surface area contributed by atoms with Gasteiger partial charge in [0.25, 0.3) is 0 Å². The number of hydrogen-bond donors (Lipinski definition) is 0. The molecule has 0 heterocycles. The molecule has 0 N–H and O–H groups in total. The molecule has 0 unspecified atom stereocenters. The van der Waals surface area contributed by atoms with Crippen LogP contribution in [0.15, 0.2) is 35.6 Å². The second-order valence-corrected chi connectivity index (χ2v) is 4.23. The van der Waals surface area contributed by atoms with Crippen LogP contribution in [0.25, 0.3) is 0 Å². The van der Waals surface area contributed by atoms with Crippen LogP contribution < -0.4 is 9.47 Å². The SMILES string of the molecule is COc1ccc(OCCCCCC=C(F)Cl)cc1. The fraction of sp³-hybridized carbons (Fsp3) is 0.429. The van der Waals surface area contributed by atoms with E-state index in [9.17, 15) is 4.39 Å². The topological polar surface area (TPSA) is 18.5 Å². The number of benzene rings is 1. The Kier molecular flexibility index (Phi) is 7.26. The minimum atomic E-state index is -0.621. The first-order valence-electron chi connectivity index (χ1n) is 6.00. The van der Waals surface area contributed by atoms with E-state index in [-0.39, 0.29) is 0 Å². The van der Waals surface area contributed by atoms with Gasteiger partial charge < -0.3 is 9.47 Å². The van der Waals surface area contributed by atoms with Crippen LogP contribution in [0.5, 0.6) is 11.5 Å². The lowest BCUT2D eigenvalue weighted by Crippen LogP contribution is -1.97. The third kappa shape index (κ3) is 6.50. The molecule has 0 aliphatic rings. The Morgan fingerprint density at radius 1 is 1.17 bits per heavy atom. The Morgan fingerprint density at radius 2 is 1.83 bits per heavy atom. The number of methoxy groups -OCH3 is 1. The zero-order valence-corrected chi connectivity index (χ0v) is 11.3. The summed E-state index contributed by atoms with van der Waals surface area (Å²) in [6.45, 7) is 0.666. The molecule has 0 atom stereocenters. The smallest absolute Gasteiger partial charge is 0.185 e. The lowest BCUT2D eigenvalue weighted by molar-refractivity contribution is 0.305. The van der Waals surface area contributed by atoms with Gasteiger partial charge >= 0.3 is 0 Å². The molecule has 0 fully saturated rings. The summed E-state index contributed by atoms with van der Waals surface area (Å²) in [6.07, 6.45) is 4.94. The van der Waals surface area contributed by atoms with Gasteiger partial charge in [0.05, 0.1) is 13.7 Å². The number of halogens is 2. The molecule has 4 heteroatoms. The van der Waals surface area contributed by atoms with Crippen LogP contribution in [0, 0.1) is 0 Å². The summed E-state index contributed by atoms with van der Waals surface area (Å²) in [5.41, 5.74) is 0. The molecule has 0 spiro atoms. The molecule has 1 rings (SSSR count). The largest absolute Gasteiger partial charge is 0.497 e. The number of rotatable bonds is 8. The highest BCUT2D eigenvalue weighted by molar-refractivity contribution is 6.28. The Morgan fingerprint density at radius 3 is 2.44 bits per heavy atom. The first kappa shape index (κ1) is 14.8. The Bertz CT molecular complexity index is 359. The molecule has 0 radical (unpaired) electrons. The third-order valence-electron chi connectivity index (χ3n) is 2.48. The van der Waals surface area contributed by atoms with E-state index in [4.69, 9.17) is 21.1 Å². The fourth-order valence-electron chi connectivity index (χ4n) is 1.50. The molecule has 0 aromatic heterocycles. The second kappa shape index (κ2) is 8.81. The van der Waals surface area contributed by atoms with Crippen molar-refractivity contribution in [3.63, 3.8) is 0 Å². The second-order valence-electron chi connectivity index (χ2n) is 3.87. The summed E-state index contributed by atoms with van der Waals surface area (Å²) in [6, 6.07) is 7.49. The van der Waals surface area contributed by atoms with Crippen LogP contribution in [0.1, 0.15) is 25.7 Å². The van der Waals surface area contributed by atoms with Crippen LogP contribution in [0.4, 0.5) is 4.39 Å². The lowest BCUT2D eigenvalue weighted by atomic mass is 10.2. The van der Waals surface area contributed by atoms with E-state index >= 15 is 0 Å². The predicted molar refractivity (Wildman–Crippen MR) is 72.0 cm³/mol. The first-order valence-corrected chi connectivity index (χ1v) is 6.38. The number of hydrogen-bond acceptors (Lipinski definition) is 2. The summed E-state index contributed by atoms with van der Waals surface area (Å²) in [5, 5.41) is -0.621. The van der Waals surface area contributed by atoms with Gasteiger partial charge in [0.2, 0.25) is 0 Å². The van der Waals surface area contributed by atoms with Gasteiger partial charge in [-0.05, 0) is 56.0 Å². The number of ether oxygens (including phenoxy) is 2. The molecule has 0 aliphatic heterocycles. The minimum Gasteiger partial charge on any atom is -0.497 e. The molecule has 0 bridgehead atoms. The Hall–Kier alpha value is -1.22. The highest BCUT2D eigenvalue weighted by Gasteiger charge is 1.95. The summed E-state index contributed by atoms with van der Waals surface area (Å²) in [5.74, 6) is 1.65. The van der Waals surface area contributed by atoms with Gasteiger partial charge in [0, 0.05) is 0 Å². The summed E-state index contributed by atoms with van der Waals surface area (Å²) >= 11 is 5.08. The van der Waals surface area contributed by atoms with Gasteiger partial charge in [-0.3, -0.25) is 0 Å². The molecule has 100 valence electrons. The zero-order chi connectivity index (χ0) is 13.2. The highest BCUT2D eigenvalue weighted by Crippen LogP contribution is 2.17. The van der Waals surface area contributed by atoms with E-state index in [1.54, 1.807) is 7.11 Å². The Labute approximate surface area is 112 Å². The van der Waals surface area contributed by atoms with Gasteiger partial charge in [0.15, 0.2) is 5.29 Å². The van der Waals surface area contributed by atoms with Crippen LogP contribution in [-0.4, -0.2) is 13.7 Å². The van der Waals surface area contributed by atoms with Crippen LogP contribution >= 0.6 is 11.6 Å². The standard InChI is InChI=1S/C14H18ClFO2/c1-17-12-7-9-13(10-8-12)18-11-5-3-2-4-6-14(15)16/h6-10H,2-5,11H2,1H3. The van der Waals surface area contributed by atoms with Crippen molar-refractivity contribution in [3.05, 3.63) is 35.6 Å². The highest BCUT2D eigenvalue weighted by atomic mass is 35.5. The van der Waals surface area contributed by atoms with Crippen LogP contribution in [-0.2, 0) is 0 Å². The fourth-order valence-corrected chi connectivity index (χ4v) is 1.61. The van der Waals surface area contributed by atoms with Crippen molar-refractivity contribution >= 4 is 11.6 Å². The monoisotopic (exact) mass is 272 g/mol. The van der Waals surface area contributed by atoms with Gasteiger partial charge in [-0.15, -0.1) is 0 Å². The number of unbranched alkanes of at least 4 members (excludes halogenated alkanes) is 3.